The zero-order valence-corrected chi connectivity index (χ0v) is 10.2. The van der Waals surface area contributed by atoms with Crippen molar-refractivity contribution in [3.05, 3.63) is 56.0 Å². The Hall–Kier alpha value is -1.70. The molecule has 0 aliphatic rings. The maximum absolute atomic E-state index is 5.57. The normalized spacial score (nSPS) is 9.71. The van der Waals surface area contributed by atoms with Crippen LogP contribution < -0.4 is 9.47 Å². The van der Waals surface area contributed by atoms with Gasteiger partial charge >= 0.3 is 0 Å². The standard InChI is InChI=1S/C15H19O2/c1-4-7-13-8-9-14(16-10-5-2)15(12-13)17-11-6-3/h5-6,8-9,12H,1-4,7,10-11H2. The van der Waals surface area contributed by atoms with Crippen LogP contribution >= 0.6 is 0 Å². The van der Waals surface area contributed by atoms with Crippen molar-refractivity contribution in [1.82, 2.24) is 0 Å². The lowest BCUT2D eigenvalue weighted by molar-refractivity contribution is 0.308. The van der Waals surface area contributed by atoms with Crippen molar-refractivity contribution < 1.29 is 9.47 Å². The number of ether oxygens (including phenoxy) is 2. The molecule has 17 heavy (non-hydrogen) atoms. The lowest BCUT2D eigenvalue weighted by atomic mass is 10.1. The number of hydrogen-bond acceptors (Lipinski definition) is 2. The molecular formula is C15H19O2. The third-order valence-electron chi connectivity index (χ3n) is 2.19. The summed E-state index contributed by atoms with van der Waals surface area (Å²) < 4.78 is 11.1. The molecule has 1 aromatic rings. The Morgan fingerprint density at radius 3 is 2.24 bits per heavy atom. The van der Waals surface area contributed by atoms with Gasteiger partial charge in [0.25, 0.3) is 0 Å². The second-order valence-electron chi connectivity index (χ2n) is 3.58. The second-order valence-corrected chi connectivity index (χ2v) is 3.58. The largest absolute Gasteiger partial charge is 0.486 e. The van der Waals surface area contributed by atoms with Crippen LogP contribution in [0.2, 0.25) is 0 Å². The number of hydrogen-bond donors (Lipinski definition) is 0. The molecule has 0 bridgehead atoms. The maximum atomic E-state index is 5.57. The molecule has 0 fully saturated rings. The zero-order chi connectivity index (χ0) is 12.5. The smallest absolute Gasteiger partial charge is 0.161 e. The van der Waals surface area contributed by atoms with Crippen molar-refractivity contribution in [2.45, 2.75) is 12.8 Å². The van der Waals surface area contributed by atoms with Crippen LogP contribution in [0, 0.1) is 6.92 Å². The zero-order valence-electron chi connectivity index (χ0n) is 10.2. The van der Waals surface area contributed by atoms with Crippen LogP contribution in [0.3, 0.4) is 0 Å². The fourth-order valence-electron chi connectivity index (χ4n) is 1.44. The van der Waals surface area contributed by atoms with Crippen LogP contribution in [0.15, 0.2) is 43.5 Å². The van der Waals surface area contributed by atoms with E-state index >= 15 is 0 Å². The van der Waals surface area contributed by atoms with Gasteiger partial charge in [0, 0.05) is 0 Å². The molecule has 0 unspecified atom stereocenters. The Labute approximate surface area is 104 Å². The predicted octanol–water partition coefficient (Wildman–Crippen LogP) is 3.58. The van der Waals surface area contributed by atoms with E-state index in [1.807, 2.05) is 18.2 Å². The fourth-order valence-corrected chi connectivity index (χ4v) is 1.44. The molecule has 1 rings (SSSR count). The first-order valence-corrected chi connectivity index (χ1v) is 5.71. The molecule has 0 N–H and O–H groups in total. The quantitative estimate of drug-likeness (QED) is 0.637. The van der Waals surface area contributed by atoms with Crippen molar-refractivity contribution in [1.29, 1.82) is 0 Å². The molecule has 0 atom stereocenters. The van der Waals surface area contributed by atoms with E-state index in [9.17, 15) is 0 Å². The number of aryl methyl sites for hydroxylation is 1. The summed E-state index contributed by atoms with van der Waals surface area (Å²) in [6, 6.07) is 5.95. The number of benzene rings is 1. The summed E-state index contributed by atoms with van der Waals surface area (Å²) in [6.45, 7) is 12.0. The van der Waals surface area contributed by atoms with Crippen LogP contribution in [-0.2, 0) is 6.42 Å². The molecule has 1 aromatic carbocycles. The van der Waals surface area contributed by atoms with Crippen LogP contribution in [0.5, 0.6) is 11.5 Å². The molecule has 0 heterocycles. The third-order valence-corrected chi connectivity index (χ3v) is 2.19. The molecular weight excluding hydrogens is 212 g/mol. The van der Waals surface area contributed by atoms with E-state index in [0.29, 0.717) is 13.2 Å². The van der Waals surface area contributed by atoms with Crippen LogP contribution in [-0.4, -0.2) is 13.2 Å². The van der Waals surface area contributed by atoms with Crippen LogP contribution in [0.25, 0.3) is 0 Å². The summed E-state index contributed by atoms with van der Waals surface area (Å²) in [6.07, 6.45) is 5.23. The highest BCUT2D eigenvalue weighted by atomic mass is 16.5. The summed E-state index contributed by atoms with van der Waals surface area (Å²) in [5.41, 5.74) is 1.20. The Bertz CT molecular complexity index is 369. The Balaban J connectivity index is 2.85. The summed E-state index contributed by atoms with van der Waals surface area (Å²) >= 11 is 0. The maximum Gasteiger partial charge on any atom is 0.161 e. The van der Waals surface area contributed by atoms with Gasteiger partial charge in [-0.15, -0.1) is 0 Å². The van der Waals surface area contributed by atoms with Crippen LogP contribution in [0.1, 0.15) is 12.0 Å². The monoisotopic (exact) mass is 231 g/mol. The summed E-state index contributed by atoms with van der Waals surface area (Å²) in [7, 11) is 0. The Morgan fingerprint density at radius 2 is 1.65 bits per heavy atom. The van der Waals surface area contributed by atoms with Gasteiger partial charge in [0.1, 0.15) is 13.2 Å². The van der Waals surface area contributed by atoms with Crippen molar-refractivity contribution in [3.8, 4) is 11.5 Å². The molecule has 0 amide bonds. The van der Waals surface area contributed by atoms with Gasteiger partial charge in [0.05, 0.1) is 0 Å². The average molecular weight is 231 g/mol. The van der Waals surface area contributed by atoms with E-state index in [4.69, 9.17) is 9.47 Å². The lowest BCUT2D eigenvalue weighted by Gasteiger charge is -2.12. The fraction of sp³-hybridized carbons (Fsp3) is 0.267. The van der Waals surface area contributed by atoms with Gasteiger partial charge in [-0.25, -0.2) is 0 Å². The topological polar surface area (TPSA) is 18.5 Å². The molecule has 2 nitrogen and oxygen atoms in total. The average Bonchev–Trinajstić information content (AvgIpc) is 2.35. The van der Waals surface area contributed by atoms with E-state index in [1.165, 1.54) is 5.56 Å². The van der Waals surface area contributed by atoms with Gasteiger partial charge in [-0.05, 0) is 30.5 Å². The predicted molar refractivity (Wildman–Crippen MR) is 71.5 cm³/mol. The van der Waals surface area contributed by atoms with Crippen molar-refractivity contribution in [2.24, 2.45) is 0 Å². The molecule has 1 radical (unpaired) electrons. The van der Waals surface area contributed by atoms with Crippen molar-refractivity contribution >= 4 is 0 Å². The summed E-state index contributed by atoms with van der Waals surface area (Å²) in [5, 5.41) is 0. The molecule has 0 aromatic heterocycles. The highest BCUT2D eigenvalue weighted by Crippen LogP contribution is 2.29. The molecule has 0 saturated carbocycles. The Kier molecular flexibility index (Phi) is 5.94. The van der Waals surface area contributed by atoms with E-state index in [-0.39, 0.29) is 0 Å². The summed E-state index contributed by atoms with van der Waals surface area (Å²) in [5.74, 6) is 1.48. The van der Waals surface area contributed by atoms with E-state index in [2.05, 4.69) is 20.1 Å². The van der Waals surface area contributed by atoms with E-state index in [0.717, 1.165) is 24.3 Å². The minimum absolute atomic E-state index is 0.471. The van der Waals surface area contributed by atoms with Gasteiger partial charge in [-0.1, -0.05) is 38.3 Å². The highest BCUT2D eigenvalue weighted by molar-refractivity contribution is 5.43. The molecule has 0 aliphatic heterocycles. The minimum atomic E-state index is 0.471. The minimum Gasteiger partial charge on any atom is -0.486 e. The second kappa shape index (κ2) is 7.55. The summed E-state index contributed by atoms with van der Waals surface area (Å²) in [4.78, 5) is 0. The number of rotatable bonds is 8. The first kappa shape index (κ1) is 13.4. The lowest BCUT2D eigenvalue weighted by Crippen LogP contribution is -2.00. The first-order valence-electron chi connectivity index (χ1n) is 5.71. The molecule has 2 heteroatoms. The van der Waals surface area contributed by atoms with Gasteiger partial charge < -0.3 is 9.47 Å². The molecule has 0 aliphatic carbocycles. The first-order chi connectivity index (χ1) is 8.31. The molecule has 91 valence electrons. The van der Waals surface area contributed by atoms with Crippen molar-refractivity contribution in [2.75, 3.05) is 13.2 Å². The van der Waals surface area contributed by atoms with E-state index in [1.54, 1.807) is 12.2 Å². The third kappa shape index (κ3) is 4.35. The van der Waals surface area contributed by atoms with Gasteiger partial charge in [0.2, 0.25) is 0 Å². The van der Waals surface area contributed by atoms with Gasteiger partial charge in [-0.2, -0.15) is 0 Å². The highest BCUT2D eigenvalue weighted by Gasteiger charge is 2.05. The molecule has 0 saturated heterocycles. The van der Waals surface area contributed by atoms with Crippen molar-refractivity contribution in [3.63, 3.8) is 0 Å². The van der Waals surface area contributed by atoms with Crippen LogP contribution in [0.4, 0.5) is 0 Å². The SMILES string of the molecule is [CH2]CCc1ccc(OCC=C)c(OCC=C)c1. The van der Waals surface area contributed by atoms with Gasteiger partial charge in [0.15, 0.2) is 11.5 Å². The Morgan fingerprint density at radius 1 is 1.00 bits per heavy atom. The molecule has 0 spiro atoms. The van der Waals surface area contributed by atoms with E-state index < -0.39 is 0 Å². The van der Waals surface area contributed by atoms with Gasteiger partial charge in [-0.3, -0.25) is 0 Å².